The molecule has 1 saturated heterocycles. The van der Waals surface area contributed by atoms with Crippen molar-refractivity contribution in [3.05, 3.63) is 0 Å². The Morgan fingerprint density at radius 1 is 0.571 bits per heavy atom. The number of aliphatic hydroxyl groups excluding tert-OH is 3. The van der Waals surface area contributed by atoms with Crippen LogP contribution >= 0.6 is 49.6 Å². The maximum Gasteiger partial charge on any atom is 0.317 e. The molecule has 1 rings (SSSR count). The first-order valence-corrected chi connectivity index (χ1v) is 10.1. The normalized spacial score (nSPS) is 18.6. The van der Waals surface area contributed by atoms with E-state index in [1.165, 1.54) is 0 Å². The summed E-state index contributed by atoms with van der Waals surface area (Å²) in [6.07, 6.45) is -1.22. The summed E-state index contributed by atoms with van der Waals surface area (Å²) < 4.78 is 0. The van der Waals surface area contributed by atoms with Gasteiger partial charge in [0.2, 0.25) is 0 Å². The number of rotatable bonds is 10. The van der Waals surface area contributed by atoms with E-state index in [2.05, 4.69) is 0 Å². The number of carboxylic acid groups (broad SMARTS) is 3. The van der Waals surface area contributed by atoms with Crippen LogP contribution in [0.15, 0.2) is 0 Å². The maximum absolute atomic E-state index is 11.2. The Labute approximate surface area is 229 Å². The van der Waals surface area contributed by atoms with E-state index in [-0.39, 0.29) is 122 Å². The van der Waals surface area contributed by atoms with Crippen molar-refractivity contribution in [2.75, 3.05) is 85.2 Å². The average Bonchev–Trinajstić information content (AvgIpc) is 2.68. The summed E-state index contributed by atoms with van der Waals surface area (Å²) in [4.78, 5) is 40.3. The monoisotopic (exact) mass is 594 g/mol. The molecule has 0 amide bonds. The van der Waals surface area contributed by atoms with E-state index in [4.69, 9.17) is 5.11 Å². The largest absolute Gasteiger partial charge is 0.480 e. The zero-order valence-electron chi connectivity index (χ0n) is 19.2. The summed E-state index contributed by atoms with van der Waals surface area (Å²) in [7, 11) is 0. The number of carboxylic acids is 3. The zero-order valence-corrected chi connectivity index (χ0v) is 22.4. The lowest BCUT2D eigenvalue weighted by atomic mass is 10.1. The molecule has 6 N–H and O–H groups in total. The lowest BCUT2D eigenvalue weighted by molar-refractivity contribution is -0.140. The summed E-state index contributed by atoms with van der Waals surface area (Å²) in [6.45, 7) is 0.396. The highest BCUT2D eigenvalue weighted by Crippen LogP contribution is 2.08. The number of halogens is 4. The molecule has 212 valence electrons. The number of nitrogens with zero attached hydrogens (tertiary/aromatic N) is 4. The highest BCUT2D eigenvalue weighted by Gasteiger charge is 2.27. The van der Waals surface area contributed by atoms with E-state index >= 15 is 0 Å². The molecule has 0 aromatic carbocycles. The predicted octanol–water partition coefficient (Wildman–Crippen LogP) is -2.14. The van der Waals surface area contributed by atoms with Crippen molar-refractivity contribution in [2.45, 2.75) is 12.1 Å². The van der Waals surface area contributed by atoms with Gasteiger partial charge in [-0.1, -0.05) is 0 Å². The standard InChI is InChI=1S/C18H34N4O9.4ClH/c23-12-14(15(25)13-24)22-7-5-20(10-17(28)29)3-1-19(9-16(26)27)2-4-21(6-8-22)11-18(30)31;;;;/h14-15,23-25H,1-13H2,(H,26,27)(H,28,29)(H,30,31);4*1H/t14-,15-;;;;/m1..../s1. The van der Waals surface area contributed by atoms with Gasteiger partial charge in [0.15, 0.2) is 0 Å². The van der Waals surface area contributed by atoms with Crippen molar-refractivity contribution in [3.63, 3.8) is 0 Å². The van der Waals surface area contributed by atoms with E-state index in [0.29, 0.717) is 0 Å². The summed E-state index contributed by atoms with van der Waals surface area (Å²) in [5.41, 5.74) is 0. The molecule has 2 atom stereocenters. The summed E-state index contributed by atoms with van der Waals surface area (Å²) in [6, 6.07) is -0.796. The van der Waals surface area contributed by atoms with E-state index < -0.39 is 43.3 Å². The van der Waals surface area contributed by atoms with E-state index in [0.717, 1.165) is 0 Å². The summed E-state index contributed by atoms with van der Waals surface area (Å²) in [5, 5.41) is 56.6. The molecule has 0 spiro atoms. The Bertz CT molecular complexity index is 566. The fraction of sp³-hybridized carbons (Fsp3) is 0.833. The quantitative estimate of drug-likeness (QED) is 0.161. The molecule has 1 fully saturated rings. The second-order valence-corrected chi connectivity index (χ2v) is 7.55. The molecule has 17 heteroatoms. The van der Waals surface area contributed by atoms with Crippen LogP contribution in [-0.4, -0.2) is 165 Å². The molecule has 1 aliphatic rings. The van der Waals surface area contributed by atoms with Crippen LogP contribution in [0.3, 0.4) is 0 Å². The van der Waals surface area contributed by atoms with Gasteiger partial charge in [0.1, 0.15) is 0 Å². The first kappa shape index (κ1) is 41.4. The third-order valence-electron chi connectivity index (χ3n) is 5.24. The van der Waals surface area contributed by atoms with Gasteiger partial charge >= 0.3 is 17.9 Å². The molecule has 35 heavy (non-hydrogen) atoms. The highest BCUT2D eigenvalue weighted by atomic mass is 35.5. The van der Waals surface area contributed by atoms with Crippen LogP contribution in [0.2, 0.25) is 0 Å². The molecular weight excluding hydrogens is 558 g/mol. The molecule has 0 aliphatic carbocycles. The molecule has 13 nitrogen and oxygen atoms in total. The average molecular weight is 596 g/mol. The summed E-state index contributed by atoms with van der Waals surface area (Å²) >= 11 is 0. The van der Waals surface area contributed by atoms with Crippen molar-refractivity contribution in [1.29, 1.82) is 0 Å². The van der Waals surface area contributed by atoms with Crippen molar-refractivity contribution in [3.8, 4) is 0 Å². The van der Waals surface area contributed by atoms with Crippen LogP contribution in [0.5, 0.6) is 0 Å². The van der Waals surface area contributed by atoms with Crippen molar-refractivity contribution in [1.82, 2.24) is 19.6 Å². The third kappa shape index (κ3) is 17.4. The Morgan fingerprint density at radius 3 is 1.09 bits per heavy atom. The van der Waals surface area contributed by atoms with Gasteiger partial charge in [-0.3, -0.25) is 34.0 Å². The van der Waals surface area contributed by atoms with Gasteiger partial charge in [-0.25, -0.2) is 0 Å². The fourth-order valence-electron chi connectivity index (χ4n) is 3.53. The van der Waals surface area contributed by atoms with Gasteiger partial charge in [0.25, 0.3) is 0 Å². The van der Waals surface area contributed by atoms with Crippen LogP contribution < -0.4 is 0 Å². The van der Waals surface area contributed by atoms with Gasteiger partial charge in [-0.15, -0.1) is 49.6 Å². The van der Waals surface area contributed by atoms with E-state index in [1.54, 1.807) is 19.6 Å². The minimum absolute atomic E-state index is 0. The van der Waals surface area contributed by atoms with Crippen LogP contribution in [0.25, 0.3) is 0 Å². The molecule has 0 unspecified atom stereocenters. The molecular formula is C18H38Cl4N4O9. The van der Waals surface area contributed by atoms with Crippen LogP contribution in [-0.2, 0) is 14.4 Å². The van der Waals surface area contributed by atoms with Crippen LogP contribution in [0.4, 0.5) is 0 Å². The number of hydrogen-bond donors (Lipinski definition) is 6. The second kappa shape index (κ2) is 22.5. The summed E-state index contributed by atoms with van der Waals surface area (Å²) in [5.74, 6) is -3.10. The van der Waals surface area contributed by atoms with Crippen molar-refractivity contribution in [2.24, 2.45) is 0 Å². The van der Waals surface area contributed by atoms with Gasteiger partial charge in [0, 0.05) is 52.4 Å². The molecule has 0 radical (unpaired) electrons. The minimum Gasteiger partial charge on any atom is -0.480 e. The SMILES string of the molecule is Cl.Cl.Cl.Cl.O=C(O)CN1CCN(CC(=O)O)CCN([C@H](CO)[C@H](O)CO)CCN(CC(=O)O)CC1. The Balaban J connectivity index is -0.00000120. The van der Waals surface area contributed by atoms with Crippen LogP contribution in [0, 0.1) is 0 Å². The Hall–Kier alpha value is -0.710. The number of carbonyl (C=O) groups is 3. The van der Waals surface area contributed by atoms with Gasteiger partial charge in [-0.2, -0.15) is 0 Å². The third-order valence-corrected chi connectivity index (χ3v) is 5.24. The van der Waals surface area contributed by atoms with Gasteiger partial charge in [-0.05, 0) is 0 Å². The number of aliphatic hydroxyl groups is 3. The Kier molecular flexibility index (Phi) is 26.6. The van der Waals surface area contributed by atoms with Crippen LogP contribution in [0.1, 0.15) is 0 Å². The maximum atomic E-state index is 11.2. The number of aliphatic carboxylic acids is 3. The lowest BCUT2D eigenvalue weighted by Crippen LogP contribution is -2.54. The molecule has 1 heterocycles. The first-order valence-electron chi connectivity index (χ1n) is 10.1. The molecule has 0 aromatic rings. The topological polar surface area (TPSA) is 186 Å². The van der Waals surface area contributed by atoms with Gasteiger partial charge in [0.05, 0.1) is 45.0 Å². The van der Waals surface area contributed by atoms with E-state index in [9.17, 15) is 39.9 Å². The van der Waals surface area contributed by atoms with Crippen molar-refractivity contribution < 1.29 is 45.0 Å². The molecule has 0 saturated carbocycles. The molecule has 1 aliphatic heterocycles. The van der Waals surface area contributed by atoms with E-state index in [1.807, 2.05) is 0 Å². The zero-order chi connectivity index (χ0) is 23.4. The minimum atomic E-state index is -1.22. The van der Waals surface area contributed by atoms with Gasteiger partial charge < -0.3 is 30.6 Å². The molecule has 0 aromatic heterocycles. The lowest BCUT2D eigenvalue weighted by Gasteiger charge is -2.37. The first-order chi connectivity index (χ1) is 14.7. The van der Waals surface area contributed by atoms with Crippen molar-refractivity contribution >= 4 is 67.5 Å². The smallest absolute Gasteiger partial charge is 0.317 e. The molecule has 0 bridgehead atoms. The fourth-order valence-corrected chi connectivity index (χ4v) is 3.53. The number of hydrogen-bond acceptors (Lipinski definition) is 10. The Morgan fingerprint density at radius 2 is 0.857 bits per heavy atom. The highest BCUT2D eigenvalue weighted by molar-refractivity contribution is 5.86. The predicted molar refractivity (Wildman–Crippen MR) is 137 cm³/mol. The second-order valence-electron chi connectivity index (χ2n) is 7.55.